The maximum Gasteiger partial charge on any atom is 0.230 e. The van der Waals surface area contributed by atoms with Gasteiger partial charge in [0, 0.05) is 19.8 Å². The van der Waals surface area contributed by atoms with E-state index in [0.717, 1.165) is 25.9 Å². The summed E-state index contributed by atoms with van der Waals surface area (Å²) < 4.78 is 5.41. The van der Waals surface area contributed by atoms with Crippen LogP contribution in [0.2, 0.25) is 0 Å². The molecule has 1 amide bonds. The van der Waals surface area contributed by atoms with Crippen LogP contribution in [0.15, 0.2) is 0 Å². The first-order valence-electron chi connectivity index (χ1n) is 6.65. The molecule has 0 bridgehead atoms. The topological polar surface area (TPSA) is 64.3 Å². The van der Waals surface area contributed by atoms with Gasteiger partial charge < -0.3 is 15.8 Å². The SMILES string of the molecule is CCCCOCCCNC(=O)C(C(N)=S)C(C)C. The van der Waals surface area contributed by atoms with Crippen LogP contribution in [-0.4, -0.2) is 30.7 Å². The molecule has 0 spiro atoms. The Balaban J connectivity index is 3.72. The largest absolute Gasteiger partial charge is 0.393 e. The average Bonchev–Trinajstić information content (AvgIpc) is 2.26. The number of carbonyl (C=O) groups is 1. The third-order valence-electron chi connectivity index (χ3n) is 2.66. The van der Waals surface area contributed by atoms with Crippen LogP contribution < -0.4 is 11.1 Å². The molecule has 18 heavy (non-hydrogen) atoms. The van der Waals surface area contributed by atoms with Crippen LogP contribution in [0.1, 0.15) is 40.0 Å². The fourth-order valence-electron chi connectivity index (χ4n) is 1.60. The van der Waals surface area contributed by atoms with Crippen LogP contribution in [0.5, 0.6) is 0 Å². The van der Waals surface area contributed by atoms with Crippen molar-refractivity contribution in [3.8, 4) is 0 Å². The van der Waals surface area contributed by atoms with Crippen LogP contribution in [0.4, 0.5) is 0 Å². The number of nitrogens with two attached hydrogens (primary N) is 1. The number of rotatable bonds is 10. The Hall–Kier alpha value is -0.680. The fraction of sp³-hybridized carbons (Fsp3) is 0.846. The molecule has 0 heterocycles. The highest BCUT2D eigenvalue weighted by Crippen LogP contribution is 2.11. The van der Waals surface area contributed by atoms with Crippen molar-refractivity contribution in [2.24, 2.45) is 17.6 Å². The van der Waals surface area contributed by atoms with Gasteiger partial charge in [0.2, 0.25) is 5.91 Å². The highest BCUT2D eigenvalue weighted by molar-refractivity contribution is 7.80. The lowest BCUT2D eigenvalue weighted by molar-refractivity contribution is -0.124. The summed E-state index contributed by atoms with van der Waals surface area (Å²) >= 11 is 4.91. The maximum absolute atomic E-state index is 11.8. The number of carbonyl (C=O) groups excluding carboxylic acids is 1. The predicted molar refractivity (Wildman–Crippen MR) is 78.5 cm³/mol. The van der Waals surface area contributed by atoms with Crippen LogP contribution >= 0.6 is 12.2 Å². The van der Waals surface area contributed by atoms with E-state index in [0.29, 0.717) is 13.2 Å². The first-order valence-corrected chi connectivity index (χ1v) is 7.06. The molecule has 0 aromatic carbocycles. The minimum Gasteiger partial charge on any atom is -0.393 e. The lowest BCUT2D eigenvalue weighted by atomic mass is 9.95. The number of hydrogen-bond acceptors (Lipinski definition) is 3. The Morgan fingerprint density at radius 2 is 1.94 bits per heavy atom. The summed E-state index contributed by atoms with van der Waals surface area (Å²) in [6.45, 7) is 8.10. The van der Waals surface area contributed by atoms with E-state index in [1.165, 1.54) is 0 Å². The molecule has 0 saturated carbocycles. The number of thiocarbonyl (C=S) groups is 1. The number of hydrogen-bond donors (Lipinski definition) is 2. The molecule has 4 nitrogen and oxygen atoms in total. The summed E-state index contributed by atoms with van der Waals surface area (Å²) in [5.41, 5.74) is 5.57. The van der Waals surface area contributed by atoms with Crippen molar-refractivity contribution < 1.29 is 9.53 Å². The summed E-state index contributed by atoms with van der Waals surface area (Å²) in [6.07, 6.45) is 3.04. The van der Waals surface area contributed by atoms with Crippen molar-refractivity contribution in [3.63, 3.8) is 0 Å². The number of ether oxygens (including phenoxy) is 1. The van der Waals surface area contributed by atoms with Gasteiger partial charge >= 0.3 is 0 Å². The molecule has 0 aromatic heterocycles. The Morgan fingerprint density at radius 3 is 2.44 bits per heavy atom. The molecule has 0 saturated heterocycles. The van der Waals surface area contributed by atoms with Crippen molar-refractivity contribution in [2.45, 2.75) is 40.0 Å². The third kappa shape index (κ3) is 7.61. The Morgan fingerprint density at radius 1 is 1.33 bits per heavy atom. The molecule has 0 aliphatic rings. The minimum absolute atomic E-state index is 0.0777. The van der Waals surface area contributed by atoms with Crippen molar-refractivity contribution in [2.75, 3.05) is 19.8 Å². The monoisotopic (exact) mass is 274 g/mol. The minimum atomic E-state index is -0.374. The Labute approximate surface area is 116 Å². The van der Waals surface area contributed by atoms with E-state index < -0.39 is 0 Å². The lowest BCUT2D eigenvalue weighted by Crippen LogP contribution is -2.41. The van der Waals surface area contributed by atoms with E-state index in [9.17, 15) is 4.79 Å². The summed E-state index contributed by atoms with van der Waals surface area (Å²) in [6, 6.07) is 0. The molecular formula is C13H26N2O2S. The highest BCUT2D eigenvalue weighted by atomic mass is 32.1. The second-order valence-electron chi connectivity index (χ2n) is 4.73. The third-order valence-corrected chi connectivity index (χ3v) is 2.92. The van der Waals surface area contributed by atoms with Crippen molar-refractivity contribution in [1.29, 1.82) is 0 Å². The first-order chi connectivity index (χ1) is 8.50. The zero-order valence-electron chi connectivity index (χ0n) is 11.7. The molecular weight excluding hydrogens is 248 g/mol. The van der Waals surface area contributed by atoms with Crippen LogP contribution in [-0.2, 0) is 9.53 Å². The lowest BCUT2D eigenvalue weighted by Gasteiger charge is -2.18. The summed E-state index contributed by atoms with van der Waals surface area (Å²) in [4.78, 5) is 12.1. The molecule has 0 aliphatic carbocycles. The van der Waals surface area contributed by atoms with Gasteiger partial charge in [-0.15, -0.1) is 0 Å². The van der Waals surface area contributed by atoms with Gasteiger partial charge in [0.25, 0.3) is 0 Å². The molecule has 0 rings (SSSR count). The zero-order chi connectivity index (χ0) is 14.0. The van der Waals surface area contributed by atoms with E-state index >= 15 is 0 Å². The quantitative estimate of drug-likeness (QED) is 0.471. The smallest absolute Gasteiger partial charge is 0.230 e. The normalized spacial score (nSPS) is 12.4. The van der Waals surface area contributed by atoms with Crippen LogP contribution in [0, 0.1) is 11.8 Å². The first kappa shape index (κ1) is 17.3. The second-order valence-corrected chi connectivity index (χ2v) is 5.21. The standard InChI is InChI=1S/C13H26N2O2S/c1-4-5-8-17-9-6-7-15-13(16)11(10(2)3)12(14)18/h10-11H,4-9H2,1-3H3,(H2,14,18)(H,15,16). The molecule has 1 unspecified atom stereocenters. The van der Waals surface area contributed by atoms with Gasteiger partial charge in [-0.3, -0.25) is 4.79 Å². The van der Waals surface area contributed by atoms with Gasteiger partial charge in [-0.1, -0.05) is 39.4 Å². The van der Waals surface area contributed by atoms with Crippen molar-refractivity contribution in [3.05, 3.63) is 0 Å². The summed E-state index contributed by atoms with van der Waals surface area (Å²) in [5, 5.41) is 2.85. The van der Waals surface area contributed by atoms with E-state index in [-0.39, 0.29) is 22.7 Å². The van der Waals surface area contributed by atoms with Crippen LogP contribution in [0.3, 0.4) is 0 Å². The molecule has 3 N–H and O–H groups in total. The van der Waals surface area contributed by atoms with E-state index in [4.69, 9.17) is 22.7 Å². The predicted octanol–water partition coefficient (Wildman–Crippen LogP) is 1.87. The maximum atomic E-state index is 11.8. The summed E-state index contributed by atoms with van der Waals surface area (Å²) in [5.74, 6) is -0.324. The van der Waals surface area contributed by atoms with E-state index in [1.54, 1.807) is 0 Å². The second kappa shape index (κ2) is 10.3. The molecule has 0 fully saturated rings. The van der Waals surface area contributed by atoms with E-state index in [2.05, 4.69) is 12.2 Å². The number of unbranched alkanes of at least 4 members (excludes halogenated alkanes) is 1. The number of amides is 1. The van der Waals surface area contributed by atoms with Gasteiger partial charge in [0.05, 0.1) is 10.9 Å². The van der Waals surface area contributed by atoms with E-state index in [1.807, 2.05) is 13.8 Å². The highest BCUT2D eigenvalue weighted by Gasteiger charge is 2.24. The molecule has 0 radical (unpaired) electrons. The zero-order valence-corrected chi connectivity index (χ0v) is 12.5. The molecule has 0 aromatic rings. The summed E-state index contributed by atoms with van der Waals surface area (Å²) in [7, 11) is 0. The van der Waals surface area contributed by atoms with Gasteiger partial charge in [-0.05, 0) is 18.8 Å². The Bertz CT molecular complexity index is 257. The molecule has 106 valence electrons. The van der Waals surface area contributed by atoms with Gasteiger partial charge in [0.15, 0.2) is 0 Å². The van der Waals surface area contributed by atoms with Crippen molar-refractivity contribution >= 4 is 23.1 Å². The Kier molecular flexibility index (Phi) is 9.87. The number of nitrogens with one attached hydrogen (secondary N) is 1. The molecule has 0 aliphatic heterocycles. The molecule has 1 atom stereocenters. The van der Waals surface area contributed by atoms with Crippen LogP contribution in [0.25, 0.3) is 0 Å². The van der Waals surface area contributed by atoms with Crippen molar-refractivity contribution in [1.82, 2.24) is 5.32 Å². The van der Waals surface area contributed by atoms with Gasteiger partial charge in [-0.2, -0.15) is 0 Å². The van der Waals surface area contributed by atoms with Gasteiger partial charge in [-0.25, -0.2) is 0 Å². The molecule has 5 heteroatoms. The van der Waals surface area contributed by atoms with Gasteiger partial charge in [0.1, 0.15) is 0 Å². The fourth-order valence-corrected chi connectivity index (χ4v) is 1.98. The average molecular weight is 274 g/mol.